The maximum absolute atomic E-state index is 10.9. The lowest BCUT2D eigenvalue weighted by molar-refractivity contribution is 0.0690. The number of carboxylic acids is 1. The van der Waals surface area contributed by atoms with Gasteiger partial charge in [0.25, 0.3) is 0 Å². The number of nitrogen functional groups attached to an aromatic ring is 1. The normalized spacial score (nSPS) is 9.80. The first-order chi connectivity index (χ1) is 9.51. The lowest BCUT2D eigenvalue weighted by Crippen LogP contribution is -2.06. The molecule has 2 aromatic rings. The van der Waals surface area contributed by atoms with Crippen molar-refractivity contribution < 1.29 is 9.90 Å². The molecule has 0 radical (unpaired) electrons. The van der Waals surface area contributed by atoms with Crippen LogP contribution in [0.2, 0.25) is 0 Å². The quantitative estimate of drug-likeness (QED) is 0.796. The molecule has 6 nitrogen and oxygen atoms in total. The highest BCUT2D eigenvalue weighted by molar-refractivity contribution is 9.10. The highest BCUT2D eigenvalue weighted by Gasteiger charge is 2.11. The molecule has 0 aliphatic rings. The summed E-state index contributed by atoms with van der Waals surface area (Å²) in [5.41, 5.74) is 6.80. The van der Waals surface area contributed by atoms with Crippen LogP contribution in [0.5, 0.6) is 0 Å². The van der Waals surface area contributed by atoms with E-state index in [-0.39, 0.29) is 11.5 Å². The molecule has 4 N–H and O–H groups in total. The number of carboxylic acid groups (broad SMARTS) is 1. The SMILES string of the molecule is N#Cc1ccc(Br)cc1Nc1nc(C(=O)O)ccc1N. The van der Waals surface area contributed by atoms with Crippen LogP contribution in [0.25, 0.3) is 0 Å². The number of aromatic nitrogens is 1. The van der Waals surface area contributed by atoms with Crippen LogP contribution in [0.1, 0.15) is 16.1 Å². The van der Waals surface area contributed by atoms with Gasteiger partial charge < -0.3 is 16.2 Å². The second-order valence-electron chi connectivity index (χ2n) is 3.87. The first-order valence-corrected chi connectivity index (χ1v) is 6.27. The van der Waals surface area contributed by atoms with Crippen molar-refractivity contribution >= 4 is 39.1 Å². The molecule has 0 saturated carbocycles. The van der Waals surface area contributed by atoms with Crippen LogP contribution < -0.4 is 11.1 Å². The first-order valence-electron chi connectivity index (χ1n) is 5.47. The minimum atomic E-state index is -1.15. The summed E-state index contributed by atoms with van der Waals surface area (Å²) in [6, 6.07) is 9.84. The minimum absolute atomic E-state index is 0.129. The summed E-state index contributed by atoms with van der Waals surface area (Å²) in [5.74, 6) is -0.956. The zero-order valence-corrected chi connectivity index (χ0v) is 11.7. The Hall–Kier alpha value is -2.59. The highest BCUT2D eigenvalue weighted by Crippen LogP contribution is 2.26. The van der Waals surface area contributed by atoms with Gasteiger partial charge in [-0.3, -0.25) is 0 Å². The van der Waals surface area contributed by atoms with Gasteiger partial charge in [-0.2, -0.15) is 5.26 Å². The molecule has 0 spiro atoms. The number of nitrogens with zero attached hydrogens (tertiary/aromatic N) is 2. The van der Waals surface area contributed by atoms with Crippen molar-refractivity contribution in [3.8, 4) is 6.07 Å². The molecule has 0 bridgehead atoms. The predicted molar refractivity (Wildman–Crippen MR) is 77.7 cm³/mol. The van der Waals surface area contributed by atoms with Crippen LogP contribution in [0.15, 0.2) is 34.8 Å². The van der Waals surface area contributed by atoms with E-state index in [2.05, 4.69) is 26.2 Å². The molecule has 1 aromatic carbocycles. The lowest BCUT2D eigenvalue weighted by Gasteiger charge is -2.10. The fourth-order valence-electron chi connectivity index (χ4n) is 1.53. The number of pyridine rings is 1. The van der Waals surface area contributed by atoms with Gasteiger partial charge in [0.1, 0.15) is 6.07 Å². The number of anilines is 3. The second kappa shape index (κ2) is 5.59. The van der Waals surface area contributed by atoms with Gasteiger partial charge in [0.05, 0.1) is 16.9 Å². The Balaban J connectivity index is 2.44. The largest absolute Gasteiger partial charge is 0.477 e. The zero-order chi connectivity index (χ0) is 14.7. The van der Waals surface area contributed by atoms with Crippen LogP contribution in [-0.4, -0.2) is 16.1 Å². The molecular formula is C13H9BrN4O2. The number of nitrogens with two attached hydrogens (primary N) is 1. The number of rotatable bonds is 3. The van der Waals surface area contributed by atoms with Gasteiger partial charge in [-0.05, 0) is 30.3 Å². The molecule has 1 aromatic heterocycles. The van der Waals surface area contributed by atoms with Crippen LogP contribution in [-0.2, 0) is 0 Å². The molecule has 0 atom stereocenters. The molecule has 7 heteroatoms. The maximum Gasteiger partial charge on any atom is 0.354 e. The fourth-order valence-corrected chi connectivity index (χ4v) is 1.90. The maximum atomic E-state index is 10.9. The van der Waals surface area contributed by atoms with Crippen LogP contribution >= 0.6 is 15.9 Å². The Bertz CT molecular complexity index is 725. The third-order valence-electron chi connectivity index (χ3n) is 2.50. The van der Waals surface area contributed by atoms with E-state index in [1.165, 1.54) is 12.1 Å². The number of aromatic carboxylic acids is 1. The van der Waals surface area contributed by atoms with Crippen molar-refractivity contribution in [3.63, 3.8) is 0 Å². The van der Waals surface area contributed by atoms with E-state index < -0.39 is 5.97 Å². The Kier molecular flexibility index (Phi) is 3.86. The van der Waals surface area contributed by atoms with Crippen LogP contribution in [0.4, 0.5) is 17.2 Å². The minimum Gasteiger partial charge on any atom is -0.477 e. The number of benzene rings is 1. The molecule has 0 amide bonds. The van der Waals surface area contributed by atoms with Crippen molar-refractivity contribution in [1.29, 1.82) is 5.26 Å². The van der Waals surface area contributed by atoms with E-state index in [4.69, 9.17) is 16.1 Å². The van der Waals surface area contributed by atoms with Crippen molar-refractivity contribution in [1.82, 2.24) is 4.98 Å². The van der Waals surface area contributed by atoms with E-state index in [1.54, 1.807) is 18.2 Å². The molecule has 0 aliphatic carbocycles. The van der Waals surface area contributed by atoms with Gasteiger partial charge in [0.2, 0.25) is 0 Å². The van der Waals surface area contributed by atoms with Crippen molar-refractivity contribution in [3.05, 3.63) is 46.1 Å². The highest BCUT2D eigenvalue weighted by atomic mass is 79.9. The third kappa shape index (κ3) is 2.87. The average Bonchev–Trinajstić information content (AvgIpc) is 2.41. The van der Waals surface area contributed by atoms with Gasteiger partial charge in [-0.1, -0.05) is 15.9 Å². The monoisotopic (exact) mass is 332 g/mol. The topological polar surface area (TPSA) is 112 Å². The Morgan fingerprint density at radius 1 is 1.40 bits per heavy atom. The molecule has 0 unspecified atom stereocenters. The predicted octanol–water partition coefficient (Wildman–Crippen LogP) is 2.74. The Morgan fingerprint density at radius 3 is 2.80 bits per heavy atom. The van der Waals surface area contributed by atoms with Gasteiger partial charge in [-0.15, -0.1) is 0 Å². The van der Waals surface area contributed by atoms with Crippen molar-refractivity contribution in [2.45, 2.75) is 0 Å². The summed E-state index contributed by atoms with van der Waals surface area (Å²) in [7, 11) is 0. The smallest absolute Gasteiger partial charge is 0.354 e. The summed E-state index contributed by atoms with van der Waals surface area (Å²) in [5, 5.41) is 20.8. The molecule has 0 fully saturated rings. The number of hydrogen-bond acceptors (Lipinski definition) is 5. The summed E-state index contributed by atoms with van der Waals surface area (Å²) < 4.78 is 0.770. The summed E-state index contributed by atoms with van der Waals surface area (Å²) in [6.45, 7) is 0. The number of nitriles is 1. The Morgan fingerprint density at radius 2 is 2.15 bits per heavy atom. The zero-order valence-electron chi connectivity index (χ0n) is 10.1. The molecule has 0 aliphatic heterocycles. The van der Waals surface area contributed by atoms with Gasteiger partial charge in [0.15, 0.2) is 11.5 Å². The van der Waals surface area contributed by atoms with Gasteiger partial charge in [-0.25, -0.2) is 9.78 Å². The Labute approximate surface area is 123 Å². The molecule has 20 heavy (non-hydrogen) atoms. The van der Waals surface area contributed by atoms with E-state index in [0.29, 0.717) is 16.9 Å². The van der Waals surface area contributed by atoms with E-state index in [9.17, 15) is 4.79 Å². The summed E-state index contributed by atoms with van der Waals surface area (Å²) >= 11 is 3.30. The molecule has 1 heterocycles. The van der Waals surface area contributed by atoms with E-state index in [1.807, 2.05) is 6.07 Å². The van der Waals surface area contributed by atoms with Crippen LogP contribution in [0.3, 0.4) is 0 Å². The molecule has 100 valence electrons. The van der Waals surface area contributed by atoms with Crippen LogP contribution in [0, 0.1) is 11.3 Å². The van der Waals surface area contributed by atoms with E-state index >= 15 is 0 Å². The fraction of sp³-hybridized carbons (Fsp3) is 0. The van der Waals surface area contributed by atoms with E-state index in [0.717, 1.165) is 4.47 Å². The van der Waals surface area contributed by atoms with Gasteiger partial charge >= 0.3 is 5.97 Å². The number of carbonyl (C=O) groups is 1. The number of hydrogen-bond donors (Lipinski definition) is 3. The summed E-state index contributed by atoms with van der Waals surface area (Å²) in [4.78, 5) is 14.8. The first kappa shape index (κ1) is 13.8. The standard InChI is InChI=1S/C13H9BrN4O2/c14-8-2-1-7(6-15)11(5-8)18-12-9(16)3-4-10(17-12)13(19)20/h1-5H,16H2,(H,17,18)(H,19,20). The second-order valence-corrected chi connectivity index (χ2v) is 4.78. The molecular weight excluding hydrogens is 324 g/mol. The van der Waals surface area contributed by atoms with Crippen molar-refractivity contribution in [2.75, 3.05) is 11.1 Å². The van der Waals surface area contributed by atoms with Gasteiger partial charge in [0, 0.05) is 4.47 Å². The molecule has 2 rings (SSSR count). The van der Waals surface area contributed by atoms with Crippen molar-refractivity contribution in [2.24, 2.45) is 0 Å². The lowest BCUT2D eigenvalue weighted by atomic mass is 10.2. The number of nitrogens with one attached hydrogen (secondary N) is 1. The third-order valence-corrected chi connectivity index (χ3v) is 2.99. The average molecular weight is 333 g/mol. The number of halogens is 1. The summed E-state index contributed by atoms with van der Waals surface area (Å²) in [6.07, 6.45) is 0. The molecule has 0 saturated heterocycles.